The Labute approximate surface area is 154 Å². The smallest absolute Gasteiger partial charge is 0.208 e. The summed E-state index contributed by atoms with van der Waals surface area (Å²) < 4.78 is 6.03. The van der Waals surface area contributed by atoms with Crippen LogP contribution in [0.25, 0.3) is 0 Å². The van der Waals surface area contributed by atoms with Gasteiger partial charge in [-0.1, -0.05) is 0 Å². The summed E-state index contributed by atoms with van der Waals surface area (Å²) in [4.78, 5) is 18.6. The van der Waals surface area contributed by atoms with E-state index in [2.05, 4.69) is 33.6 Å². The highest BCUT2D eigenvalue weighted by Crippen LogP contribution is 2.35. The van der Waals surface area contributed by atoms with Crippen LogP contribution in [0.15, 0.2) is 10.7 Å². The van der Waals surface area contributed by atoms with E-state index in [0.717, 1.165) is 68.7 Å². The molecule has 0 saturated carbocycles. The van der Waals surface area contributed by atoms with E-state index in [0.29, 0.717) is 11.8 Å². The minimum atomic E-state index is 0.717. The molecule has 3 aliphatic rings. The van der Waals surface area contributed by atoms with Crippen molar-refractivity contribution in [3.05, 3.63) is 34.9 Å². The first-order chi connectivity index (χ1) is 12.7. The Morgan fingerprint density at radius 2 is 1.81 bits per heavy atom. The Morgan fingerprint density at radius 1 is 1.04 bits per heavy atom. The second-order valence-electron chi connectivity index (χ2n) is 8.21. The Kier molecular flexibility index (Phi) is 3.96. The van der Waals surface area contributed by atoms with Gasteiger partial charge < -0.3 is 9.32 Å². The minimum absolute atomic E-state index is 0.717. The summed E-state index contributed by atoms with van der Waals surface area (Å²) >= 11 is 0. The third-order valence-electron chi connectivity index (χ3n) is 6.42. The van der Waals surface area contributed by atoms with Gasteiger partial charge in [-0.25, -0.2) is 15.0 Å². The van der Waals surface area contributed by atoms with Crippen LogP contribution in [0.4, 0.5) is 5.82 Å². The van der Waals surface area contributed by atoms with Gasteiger partial charge in [0, 0.05) is 43.9 Å². The van der Waals surface area contributed by atoms with Crippen molar-refractivity contribution < 1.29 is 4.42 Å². The molecule has 0 aromatic carbocycles. The summed E-state index contributed by atoms with van der Waals surface area (Å²) in [5.74, 6) is 4.63. The minimum Gasteiger partial charge on any atom is -0.444 e. The SMILES string of the molecule is Cc1ncnc(N2CC3CN(Cc4nc5c(o4)CCCC5)CC3C2)c1C. The Hall–Kier alpha value is -1.95. The number of nitrogens with zero attached hydrogens (tertiary/aromatic N) is 5. The molecule has 2 aliphatic heterocycles. The molecule has 0 spiro atoms. The number of oxazole rings is 1. The largest absolute Gasteiger partial charge is 0.444 e. The van der Waals surface area contributed by atoms with Gasteiger partial charge in [-0.05, 0) is 44.9 Å². The average Bonchev–Trinajstić information content (AvgIpc) is 3.29. The molecule has 4 heterocycles. The van der Waals surface area contributed by atoms with Gasteiger partial charge in [0.2, 0.25) is 5.89 Å². The molecule has 26 heavy (non-hydrogen) atoms. The zero-order chi connectivity index (χ0) is 17.7. The molecule has 2 aromatic rings. The van der Waals surface area contributed by atoms with Gasteiger partial charge in [0.1, 0.15) is 17.9 Å². The first-order valence-corrected chi connectivity index (χ1v) is 9.90. The summed E-state index contributed by atoms with van der Waals surface area (Å²) in [5.41, 5.74) is 3.52. The van der Waals surface area contributed by atoms with Gasteiger partial charge >= 0.3 is 0 Å². The highest BCUT2D eigenvalue weighted by atomic mass is 16.4. The highest BCUT2D eigenvalue weighted by molar-refractivity contribution is 5.48. The van der Waals surface area contributed by atoms with E-state index in [1.54, 1.807) is 6.33 Å². The maximum atomic E-state index is 6.03. The molecule has 6 nitrogen and oxygen atoms in total. The van der Waals surface area contributed by atoms with E-state index < -0.39 is 0 Å². The van der Waals surface area contributed by atoms with Crippen molar-refractivity contribution in [3.63, 3.8) is 0 Å². The molecule has 0 N–H and O–H groups in total. The highest BCUT2D eigenvalue weighted by Gasteiger charge is 2.41. The van der Waals surface area contributed by atoms with E-state index in [1.165, 1.54) is 24.1 Å². The Bertz CT molecular complexity index is 779. The molecule has 0 amide bonds. The second kappa shape index (κ2) is 6.34. The van der Waals surface area contributed by atoms with Crippen molar-refractivity contribution in [2.24, 2.45) is 11.8 Å². The Morgan fingerprint density at radius 3 is 2.58 bits per heavy atom. The molecule has 0 bridgehead atoms. The number of likely N-dealkylation sites (tertiary alicyclic amines) is 1. The summed E-state index contributed by atoms with van der Waals surface area (Å²) in [6.45, 7) is 9.53. The van der Waals surface area contributed by atoms with Gasteiger partial charge in [-0.15, -0.1) is 0 Å². The lowest BCUT2D eigenvalue weighted by molar-refractivity contribution is 0.270. The zero-order valence-electron chi connectivity index (χ0n) is 15.7. The molecule has 2 atom stereocenters. The molecular weight excluding hydrogens is 326 g/mol. The lowest BCUT2D eigenvalue weighted by atomic mass is 10.0. The van der Waals surface area contributed by atoms with Crippen molar-refractivity contribution in [1.29, 1.82) is 0 Å². The van der Waals surface area contributed by atoms with Crippen LogP contribution in [0.1, 0.15) is 41.4 Å². The molecule has 6 heteroatoms. The summed E-state index contributed by atoms with van der Waals surface area (Å²) in [5, 5.41) is 0. The van der Waals surface area contributed by atoms with Crippen molar-refractivity contribution in [2.45, 2.75) is 46.1 Å². The number of fused-ring (bicyclic) bond motifs is 2. The van der Waals surface area contributed by atoms with Crippen molar-refractivity contribution >= 4 is 5.82 Å². The van der Waals surface area contributed by atoms with Gasteiger partial charge in [0.05, 0.1) is 12.2 Å². The van der Waals surface area contributed by atoms with Crippen LogP contribution in [0, 0.1) is 25.7 Å². The first kappa shape index (κ1) is 16.2. The van der Waals surface area contributed by atoms with Gasteiger partial charge in [-0.2, -0.15) is 0 Å². The maximum absolute atomic E-state index is 6.03. The molecule has 0 radical (unpaired) electrons. The topological polar surface area (TPSA) is 58.3 Å². The third kappa shape index (κ3) is 2.80. The lowest BCUT2D eigenvalue weighted by Crippen LogP contribution is -2.29. The van der Waals surface area contributed by atoms with Gasteiger partial charge in [-0.3, -0.25) is 4.90 Å². The lowest BCUT2D eigenvalue weighted by Gasteiger charge is -2.23. The second-order valence-corrected chi connectivity index (χ2v) is 8.21. The molecule has 2 saturated heterocycles. The quantitative estimate of drug-likeness (QED) is 0.845. The van der Waals surface area contributed by atoms with Gasteiger partial charge in [0.25, 0.3) is 0 Å². The van der Waals surface area contributed by atoms with Crippen LogP contribution >= 0.6 is 0 Å². The zero-order valence-corrected chi connectivity index (χ0v) is 15.7. The third-order valence-corrected chi connectivity index (χ3v) is 6.42. The monoisotopic (exact) mass is 353 g/mol. The number of aryl methyl sites for hydroxylation is 3. The maximum Gasteiger partial charge on any atom is 0.208 e. The van der Waals surface area contributed by atoms with E-state index in [-0.39, 0.29) is 0 Å². The number of aromatic nitrogens is 3. The fraction of sp³-hybridized carbons (Fsp3) is 0.650. The Balaban J connectivity index is 1.23. The van der Waals surface area contributed by atoms with Crippen LogP contribution in [0.3, 0.4) is 0 Å². The van der Waals surface area contributed by atoms with Crippen LogP contribution in [0.5, 0.6) is 0 Å². The van der Waals surface area contributed by atoms with E-state index >= 15 is 0 Å². The predicted molar refractivity (Wildman–Crippen MR) is 99.1 cm³/mol. The number of rotatable bonds is 3. The number of anilines is 1. The number of hydrogen-bond donors (Lipinski definition) is 0. The van der Waals surface area contributed by atoms with Crippen molar-refractivity contribution in [3.8, 4) is 0 Å². The van der Waals surface area contributed by atoms with Crippen molar-refractivity contribution in [2.75, 3.05) is 31.1 Å². The van der Waals surface area contributed by atoms with Crippen LogP contribution in [0.2, 0.25) is 0 Å². The molecule has 2 aromatic heterocycles. The first-order valence-electron chi connectivity index (χ1n) is 9.90. The normalized spacial score (nSPS) is 25.5. The molecule has 138 valence electrons. The van der Waals surface area contributed by atoms with Gasteiger partial charge in [0.15, 0.2) is 0 Å². The van der Waals surface area contributed by atoms with E-state index in [1.807, 2.05) is 0 Å². The number of hydrogen-bond acceptors (Lipinski definition) is 6. The standard InChI is InChI=1S/C20H27N5O/c1-13-14(2)21-12-22-20(13)25-9-15-7-24(8-16(15)10-25)11-19-23-17-5-3-4-6-18(17)26-19/h12,15-16H,3-11H2,1-2H3. The molecule has 5 rings (SSSR count). The van der Waals surface area contributed by atoms with E-state index in [4.69, 9.17) is 9.40 Å². The van der Waals surface area contributed by atoms with Crippen LogP contribution in [-0.2, 0) is 19.4 Å². The molecule has 2 fully saturated rings. The predicted octanol–water partition coefficient (Wildman–Crippen LogP) is 2.53. The van der Waals surface area contributed by atoms with Crippen molar-refractivity contribution in [1.82, 2.24) is 19.9 Å². The van der Waals surface area contributed by atoms with Crippen LogP contribution < -0.4 is 4.90 Å². The summed E-state index contributed by atoms with van der Waals surface area (Å²) in [6.07, 6.45) is 6.36. The van der Waals surface area contributed by atoms with E-state index in [9.17, 15) is 0 Å². The molecular formula is C20H27N5O. The van der Waals surface area contributed by atoms with Crippen LogP contribution in [-0.4, -0.2) is 46.0 Å². The average molecular weight is 353 g/mol. The fourth-order valence-electron chi connectivity index (χ4n) is 4.90. The molecule has 2 unspecified atom stereocenters. The summed E-state index contributed by atoms with van der Waals surface area (Å²) in [6, 6.07) is 0. The molecule has 1 aliphatic carbocycles. The fourth-order valence-corrected chi connectivity index (χ4v) is 4.90. The summed E-state index contributed by atoms with van der Waals surface area (Å²) in [7, 11) is 0.